The molecule has 1 aliphatic rings. The van der Waals surface area contributed by atoms with Crippen molar-refractivity contribution in [2.24, 2.45) is 27.6 Å². The molecular weight excluding hydrogens is 316 g/mol. The van der Waals surface area contributed by atoms with E-state index in [4.69, 9.17) is 0 Å². The predicted molar refractivity (Wildman–Crippen MR) is 113 cm³/mol. The summed E-state index contributed by atoms with van der Waals surface area (Å²) in [6.45, 7) is 22.9. The van der Waals surface area contributed by atoms with Crippen LogP contribution in [0.15, 0.2) is 41.5 Å². The molecule has 0 saturated heterocycles. The van der Waals surface area contributed by atoms with E-state index in [1.54, 1.807) is 0 Å². The number of hydrogen-bond acceptors (Lipinski definition) is 1. The van der Waals surface area contributed by atoms with Crippen molar-refractivity contribution in [1.82, 2.24) is 0 Å². The zero-order valence-electron chi connectivity index (χ0n) is 18.7. The predicted octanol–water partition coefficient (Wildman–Crippen LogP) is 6.66. The van der Waals surface area contributed by atoms with E-state index >= 15 is 0 Å². The van der Waals surface area contributed by atoms with E-state index < -0.39 is 0 Å². The Morgan fingerprint density at radius 3 is 1.85 bits per heavy atom. The topological polar surface area (TPSA) is 20.2 Å². The molecule has 1 aromatic rings. The van der Waals surface area contributed by atoms with Gasteiger partial charge in [0.05, 0.1) is 6.10 Å². The van der Waals surface area contributed by atoms with Gasteiger partial charge in [-0.25, -0.2) is 0 Å². The minimum absolute atomic E-state index is 0.000973. The number of aliphatic hydroxyl groups is 1. The molecule has 1 N–H and O–H groups in total. The fourth-order valence-corrected chi connectivity index (χ4v) is 5.20. The van der Waals surface area contributed by atoms with Gasteiger partial charge < -0.3 is 5.11 Å². The molecule has 1 nitrogen and oxygen atoms in total. The molecule has 0 radical (unpaired) electrons. The van der Waals surface area contributed by atoms with Gasteiger partial charge in [0.25, 0.3) is 0 Å². The lowest BCUT2D eigenvalue weighted by molar-refractivity contribution is -0.159. The van der Waals surface area contributed by atoms with E-state index in [1.165, 1.54) is 16.7 Å². The zero-order valence-corrected chi connectivity index (χ0v) is 18.7. The van der Waals surface area contributed by atoms with Gasteiger partial charge in [0.2, 0.25) is 0 Å². The van der Waals surface area contributed by atoms with Gasteiger partial charge in [-0.2, -0.15) is 0 Å². The molecule has 0 aromatic heterocycles. The maximum Gasteiger partial charge on any atom is 0.0700 e. The van der Waals surface area contributed by atoms with E-state index in [0.717, 1.165) is 6.42 Å². The average Bonchev–Trinajstić information content (AvgIpc) is 2.54. The fourth-order valence-electron chi connectivity index (χ4n) is 5.20. The van der Waals surface area contributed by atoms with E-state index in [-0.39, 0.29) is 27.8 Å². The Morgan fingerprint density at radius 1 is 0.923 bits per heavy atom. The van der Waals surface area contributed by atoms with Crippen molar-refractivity contribution in [3.05, 3.63) is 47.0 Å². The SMILES string of the molecule is CC1=C(Cc2ccccc2)C(C)C(C)(C(C)(C)C)C(O)C1(C)C(C)(C)C. The van der Waals surface area contributed by atoms with Crippen LogP contribution in [0.1, 0.15) is 74.8 Å². The second-order valence-corrected chi connectivity index (χ2v) is 10.9. The Labute approximate surface area is 161 Å². The molecule has 26 heavy (non-hydrogen) atoms. The van der Waals surface area contributed by atoms with Gasteiger partial charge in [0, 0.05) is 10.8 Å². The van der Waals surface area contributed by atoms with Gasteiger partial charge in [-0.1, -0.05) is 104 Å². The lowest BCUT2D eigenvalue weighted by atomic mass is 9.43. The summed E-state index contributed by atoms with van der Waals surface area (Å²) in [6, 6.07) is 10.8. The second-order valence-electron chi connectivity index (χ2n) is 10.9. The molecule has 0 amide bonds. The van der Waals surface area contributed by atoms with Gasteiger partial charge in [0.1, 0.15) is 0 Å². The lowest BCUT2D eigenvalue weighted by Gasteiger charge is -2.63. The summed E-state index contributed by atoms with van der Waals surface area (Å²) in [6.07, 6.45) is 0.585. The number of aliphatic hydroxyl groups excluding tert-OH is 1. The molecule has 146 valence electrons. The molecule has 1 aromatic carbocycles. The number of hydrogen-bond donors (Lipinski definition) is 1. The Hall–Kier alpha value is -1.08. The van der Waals surface area contributed by atoms with Crippen LogP contribution in [0, 0.1) is 27.6 Å². The molecule has 2 rings (SSSR count). The zero-order chi connectivity index (χ0) is 20.1. The highest BCUT2D eigenvalue weighted by molar-refractivity contribution is 5.37. The highest BCUT2D eigenvalue weighted by Gasteiger charge is 2.61. The van der Waals surface area contributed by atoms with Crippen molar-refractivity contribution in [1.29, 1.82) is 0 Å². The molecule has 0 heterocycles. The van der Waals surface area contributed by atoms with Crippen molar-refractivity contribution < 1.29 is 5.11 Å². The van der Waals surface area contributed by atoms with Crippen LogP contribution in [0.25, 0.3) is 0 Å². The lowest BCUT2D eigenvalue weighted by Crippen LogP contribution is -2.62. The van der Waals surface area contributed by atoms with Crippen LogP contribution in [0.4, 0.5) is 0 Å². The van der Waals surface area contributed by atoms with E-state index in [9.17, 15) is 5.11 Å². The van der Waals surface area contributed by atoms with Crippen LogP contribution < -0.4 is 0 Å². The first-order chi connectivity index (χ1) is 11.7. The Balaban J connectivity index is 2.74. The van der Waals surface area contributed by atoms with Crippen LogP contribution in [-0.4, -0.2) is 11.2 Å². The molecule has 1 aliphatic carbocycles. The highest BCUT2D eigenvalue weighted by Crippen LogP contribution is 2.64. The fraction of sp³-hybridized carbons (Fsp3) is 0.680. The molecule has 4 unspecified atom stereocenters. The van der Waals surface area contributed by atoms with Crippen LogP contribution in [0.5, 0.6) is 0 Å². The third-order valence-electron chi connectivity index (χ3n) is 8.21. The van der Waals surface area contributed by atoms with Gasteiger partial charge >= 0.3 is 0 Å². The minimum Gasteiger partial charge on any atom is -0.392 e. The molecule has 0 aliphatic heterocycles. The second kappa shape index (κ2) is 6.51. The minimum atomic E-state index is -0.385. The molecule has 4 atom stereocenters. The maximum atomic E-state index is 11.8. The molecule has 0 fully saturated rings. The summed E-state index contributed by atoms with van der Waals surface area (Å²) >= 11 is 0. The van der Waals surface area contributed by atoms with Crippen molar-refractivity contribution in [3.8, 4) is 0 Å². The van der Waals surface area contributed by atoms with Gasteiger partial charge in [-0.05, 0) is 35.7 Å². The van der Waals surface area contributed by atoms with E-state index in [1.807, 2.05) is 0 Å². The first-order valence-electron chi connectivity index (χ1n) is 10.1. The number of benzene rings is 1. The summed E-state index contributed by atoms with van der Waals surface area (Å²) < 4.78 is 0. The van der Waals surface area contributed by atoms with E-state index in [0.29, 0.717) is 5.92 Å². The van der Waals surface area contributed by atoms with Gasteiger partial charge in [-0.15, -0.1) is 0 Å². The maximum absolute atomic E-state index is 11.8. The van der Waals surface area contributed by atoms with Crippen molar-refractivity contribution in [3.63, 3.8) is 0 Å². The summed E-state index contributed by atoms with van der Waals surface area (Å²) in [5.74, 6) is 0.327. The Kier molecular flexibility index (Phi) is 5.32. The van der Waals surface area contributed by atoms with Crippen LogP contribution >= 0.6 is 0 Å². The van der Waals surface area contributed by atoms with Gasteiger partial charge in [0.15, 0.2) is 0 Å². The van der Waals surface area contributed by atoms with Crippen molar-refractivity contribution >= 4 is 0 Å². The standard InChI is InChI=1S/C25H40O/c1-17-20(16-19-14-12-11-13-15-19)18(2)25(10,23(6,7)8)21(26)24(17,9)22(3,4)5/h11-15,17,21,26H,16H2,1-10H3. The van der Waals surface area contributed by atoms with Crippen LogP contribution in [0.3, 0.4) is 0 Å². The Bertz CT molecular complexity index is 670. The molecule has 0 spiro atoms. The van der Waals surface area contributed by atoms with Gasteiger partial charge in [-0.3, -0.25) is 0 Å². The van der Waals surface area contributed by atoms with Crippen LogP contribution in [0.2, 0.25) is 0 Å². The number of allylic oxidation sites excluding steroid dienone is 1. The highest BCUT2D eigenvalue weighted by atomic mass is 16.3. The smallest absolute Gasteiger partial charge is 0.0700 e. The Morgan fingerprint density at radius 2 is 1.42 bits per heavy atom. The summed E-state index contributed by atoms with van der Waals surface area (Å²) in [5, 5.41) is 11.8. The number of rotatable bonds is 2. The first kappa shape index (κ1) is 21.2. The first-order valence-corrected chi connectivity index (χ1v) is 10.1. The monoisotopic (exact) mass is 356 g/mol. The van der Waals surface area contributed by atoms with E-state index in [2.05, 4.69) is 99.6 Å². The molecular formula is C25H40O. The summed E-state index contributed by atoms with van der Waals surface area (Å²) in [4.78, 5) is 0. The van der Waals surface area contributed by atoms with Crippen LogP contribution in [-0.2, 0) is 6.42 Å². The van der Waals surface area contributed by atoms with Crippen molar-refractivity contribution in [2.45, 2.75) is 81.8 Å². The largest absolute Gasteiger partial charge is 0.392 e. The third-order valence-corrected chi connectivity index (χ3v) is 8.21. The molecule has 0 bridgehead atoms. The molecule has 0 saturated carbocycles. The summed E-state index contributed by atoms with van der Waals surface area (Å²) in [7, 11) is 0. The quantitative estimate of drug-likeness (QED) is 0.587. The summed E-state index contributed by atoms with van der Waals surface area (Å²) in [5.41, 5.74) is 3.78. The molecule has 1 heteroatoms. The third kappa shape index (κ3) is 2.97. The average molecular weight is 357 g/mol. The normalized spacial score (nSPS) is 33.5. The van der Waals surface area contributed by atoms with Crippen molar-refractivity contribution in [2.75, 3.05) is 0 Å².